The third kappa shape index (κ3) is 5.12. The molecule has 7 nitrogen and oxygen atoms in total. The number of aromatic nitrogens is 3. The Morgan fingerprint density at radius 2 is 1.96 bits per heavy atom. The zero-order chi connectivity index (χ0) is 20.0. The summed E-state index contributed by atoms with van der Waals surface area (Å²) in [7, 11) is 0. The standard InChI is InChI=1S/C18H19F3N6O/c1-2-22-17(23-10-12-5-7-13(8-6-12)18(19,20)21)24-11-15-25-16(27-26-15)14-4-3-9-28-14/h3-9H,2,10-11H2,1H3,(H2,22,23,24)(H,25,26,27). The lowest BCUT2D eigenvalue weighted by Crippen LogP contribution is -2.37. The molecule has 3 N–H and O–H groups in total. The average Bonchev–Trinajstić information content (AvgIpc) is 3.35. The van der Waals surface area contributed by atoms with Gasteiger partial charge >= 0.3 is 6.18 Å². The van der Waals surface area contributed by atoms with E-state index in [1.54, 1.807) is 18.4 Å². The summed E-state index contributed by atoms with van der Waals surface area (Å²) < 4.78 is 43.1. The number of hydrogen-bond donors (Lipinski definition) is 3. The third-order valence-corrected chi connectivity index (χ3v) is 3.74. The van der Waals surface area contributed by atoms with Crippen molar-refractivity contribution in [2.24, 2.45) is 4.99 Å². The highest BCUT2D eigenvalue weighted by atomic mass is 19.4. The van der Waals surface area contributed by atoms with E-state index in [2.05, 4.69) is 30.8 Å². The van der Waals surface area contributed by atoms with Gasteiger partial charge in [0.15, 0.2) is 11.7 Å². The maximum Gasteiger partial charge on any atom is 0.416 e. The molecule has 10 heteroatoms. The second-order valence-electron chi connectivity index (χ2n) is 5.83. The summed E-state index contributed by atoms with van der Waals surface area (Å²) >= 11 is 0. The van der Waals surface area contributed by atoms with Gasteiger partial charge in [-0.25, -0.2) is 9.98 Å². The fourth-order valence-electron chi connectivity index (χ4n) is 2.37. The minimum atomic E-state index is -4.34. The minimum absolute atomic E-state index is 0.238. The summed E-state index contributed by atoms with van der Waals surface area (Å²) in [5.74, 6) is 2.11. The van der Waals surface area contributed by atoms with Gasteiger partial charge in [-0.05, 0) is 36.8 Å². The van der Waals surface area contributed by atoms with Crippen LogP contribution in [0.2, 0.25) is 0 Å². The molecule has 0 fully saturated rings. The third-order valence-electron chi connectivity index (χ3n) is 3.74. The van der Waals surface area contributed by atoms with Gasteiger partial charge in [0.25, 0.3) is 0 Å². The Kier molecular flexibility index (Phi) is 5.97. The van der Waals surface area contributed by atoms with Crippen molar-refractivity contribution in [3.63, 3.8) is 0 Å². The quantitative estimate of drug-likeness (QED) is 0.442. The van der Waals surface area contributed by atoms with Gasteiger partial charge < -0.3 is 15.1 Å². The number of halogens is 3. The van der Waals surface area contributed by atoms with E-state index in [-0.39, 0.29) is 6.54 Å². The van der Waals surface area contributed by atoms with Gasteiger partial charge in [-0.3, -0.25) is 5.10 Å². The molecule has 0 aliphatic heterocycles. The lowest BCUT2D eigenvalue weighted by Gasteiger charge is -2.10. The molecule has 3 rings (SSSR count). The van der Waals surface area contributed by atoms with Crippen LogP contribution in [-0.4, -0.2) is 27.7 Å². The van der Waals surface area contributed by atoms with Crippen LogP contribution in [-0.2, 0) is 19.3 Å². The van der Waals surface area contributed by atoms with Crippen molar-refractivity contribution in [1.82, 2.24) is 25.8 Å². The van der Waals surface area contributed by atoms with Crippen LogP contribution in [0.1, 0.15) is 23.9 Å². The van der Waals surface area contributed by atoms with E-state index in [4.69, 9.17) is 4.42 Å². The Labute approximate surface area is 159 Å². The largest absolute Gasteiger partial charge is 0.461 e. The van der Waals surface area contributed by atoms with Crippen LogP contribution in [0.5, 0.6) is 0 Å². The van der Waals surface area contributed by atoms with E-state index in [1.807, 2.05) is 6.92 Å². The molecule has 0 aliphatic carbocycles. The maximum absolute atomic E-state index is 12.6. The molecule has 0 amide bonds. The normalized spacial score (nSPS) is 12.2. The van der Waals surface area contributed by atoms with Crippen LogP contribution >= 0.6 is 0 Å². The second kappa shape index (κ2) is 8.59. The minimum Gasteiger partial charge on any atom is -0.461 e. The lowest BCUT2D eigenvalue weighted by atomic mass is 10.1. The van der Waals surface area contributed by atoms with Gasteiger partial charge in [-0.2, -0.15) is 13.2 Å². The van der Waals surface area contributed by atoms with Crippen LogP contribution in [0.15, 0.2) is 52.1 Å². The maximum atomic E-state index is 12.6. The first-order chi connectivity index (χ1) is 13.5. The van der Waals surface area contributed by atoms with Gasteiger partial charge in [-0.1, -0.05) is 12.1 Å². The molecule has 0 saturated heterocycles. The van der Waals surface area contributed by atoms with Crippen molar-refractivity contribution in [1.29, 1.82) is 0 Å². The Hall–Kier alpha value is -3.30. The molecular weight excluding hydrogens is 373 g/mol. The van der Waals surface area contributed by atoms with E-state index in [0.29, 0.717) is 42.0 Å². The lowest BCUT2D eigenvalue weighted by molar-refractivity contribution is -0.137. The molecule has 3 aromatic rings. The first-order valence-corrected chi connectivity index (χ1v) is 8.59. The number of alkyl halides is 3. The SMILES string of the molecule is CCNC(=NCc1ccc(C(F)(F)F)cc1)NCc1nc(-c2ccco2)n[nH]1. The summed E-state index contributed by atoms with van der Waals surface area (Å²) in [6.45, 7) is 3.12. The first kappa shape index (κ1) is 19.5. The molecule has 28 heavy (non-hydrogen) atoms. The Bertz CT molecular complexity index is 900. The van der Waals surface area contributed by atoms with Gasteiger partial charge in [0.05, 0.1) is 24.9 Å². The van der Waals surface area contributed by atoms with Crippen molar-refractivity contribution in [2.45, 2.75) is 26.2 Å². The van der Waals surface area contributed by atoms with E-state index >= 15 is 0 Å². The topological polar surface area (TPSA) is 91.1 Å². The molecule has 0 bridgehead atoms. The van der Waals surface area contributed by atoms with E-state index in [0.717, 1.165) is 12.1 Å². The summed E-state index contributed by atoms with van der Waals surface area (Å²) in [6.07, 6.45) is -2.80. The highest BCUT2D eigenvalue weighted by Crippen LogP contribution is 2.29. The number of aliphatic imine (C=N–C) groups is 1. The molecule has 0 unspecified atom stereocenters. The average molecular weight is 392 g/mol. The number of guanidine groups is 1. The molecule has 1 aromatic carbocycles. The summed E-state index contributed by atoms with van der Waals surface area (Å²) in [5, 5.41) is 13.1. The smallest absolute Gasteiger partial charge is 0.416 e. The van der Waals surface area contributed by atoms with Crippen LogP contribution in [0.4, 0.5) is 13.2 Å². The number of rotatable bonds is 6. The number of nitrogens with one attached hydrogen (secondary N) is 3. The first-order valence-electron chi connectivity index (χ1n) is 8.59. The van der Waals surface area contributed by atoms with Crippen molar-refractivity contribution in [3.8, 4) is 11.6 Å². The molecule has 148 valence electrons. The molecule has 2 heterocycles. The summed E-state index contributed by atoms with van der Waals surface area (Å²) in [5.41, 5.74) is -0.00656. The Morgan fingerprint density at radius 3 is 2.61 bits per heavy atom. The van der Waals surface area contributed by atoms with Gasteiger partial charge in [0.1, 0.15) is 5.82 Å². The van der Waals surface area contributed by atoms with Crippen LogP contribution in [0.25, 0.3) is 11.6 Å². The predicted octanol–water partition coefficient (Wildman–Crippen LogP) is 3.34. The highest BCUT2D eigenvalue weighted by molar-refractivity contribution is 5.79. The fourth-order valence-corrected chi connectivity index (χ4v) is 2.37. The van der Waals surface area contributed by atoms with Crippen molar-refractivity contribution in [3.05, 3.63) is 59.6 Å². The number of nitrogens with zero attached hydrogens (tertiary/aromatic N) is 3. The summed E-state index contributed by atoms with van der Waals surface area (Å²) in [4.78, 5) is 8.70. The van der Waals surface area contributed by atoms with Crippen LogP contribution in [0.3, 0.4) is 0 Å². The predicted molar refractivity (Wildman–Crippen MR) is 97.2 cm³/mol. The zero-order valence-electron chi connectivity index (χ0n) is 15.0. The van der Waals surface area contributed by atoms with Crippen molar-refractivity contribution < 1.29 is 17.6 Å². The molecule has 0 aliphatic rings. The highest BCUT2D eigenvalue weighted by Gasteiger charge is 2.29. The monoisotopic (exact) mass is 392 g/mol. The molecule has 2 aromatic heterocycles. The second-order valence-corrected chi connectivity index (χ2v) is 5.83. The number of furan rings is 1. The number of aromatic amines is 1. The Morgan fingerprint density at radius 1 is 1.18 bits per heavy atom. The molecular formula is C18H19F3N6O. The van der Waals surface area contributed by atoms with Crippen molar-refractivity contribution >= 4 is 5.96 Å². The van der Waals surface area contributed by atoms with E-state index < -0.39 is 11.7 Å². The van der Waals surface area contributed by atoms with Crippen LogP contribution < -0.4 is 10.6 Å². The zero-order valence-corrected chi connectivity index (χ0v) is 15.0. The molecule has 0 atom stereocenters. The van der Waals surface area contributed by atoms with Crippen molar-refractivity contribution in [2.75, 3.05) is 6.54 Å². The van der Waals surface area contributed by atoms with Gasteiger partial charge in [-0.15, -0.1) is 5.10 Å². The molecule has 0 saturated carbocycles. The van der Waals surface area contributed by atoms with E-state index in [9.17, 15) is 13.2 Å². The number of benzene rings is 1. The Balaban J connectivity index is 1.60. The number of hydrogen-bond acceptors (Lipinski definition) is 4. The summed E-state index contributed by atoms with van der Waals surface area (Å²) in [6, 6.07) is 8.45. The van der Waals surface area contributed by atoms with Crippen LogP contribution in [0, 0.1) is 0 Å². The van der Waals surface area contributed by atoms with Gasteiger partial charge in [0, 0.05) is 6.54 Å². The molecule has 0 spiro atoms. The van der Waals surface area contributed by atoms with Gasteiger partial charge in [0.2, 0.25) is 5.82 Å². The number of H-pyrrole nitrogens is 1. The fraction of sp³-hybridized carbons (Fsp3) is 0.278. The van der Waals surface area contributed by atoms with E-state index in [1.165, 1.54) is 12.1 Å². The molecule has 0 radical (unpaired) electrons.